The van der Waals surface area contributed by atoms with Gasteiger partial charge in [0, 0.05) is 11.7 Å². The Morgan fingerprint density at radius 1 is 1.24 bits per heavy atom. The van der Waals surface area contributed by atoms with Gasteiger partial charge in [-0.1, -0.05) is 39.3 Å². The first-order valence-corrected chi connectivity index (χ1v) is 7.82. The molecule has 1 aliphatic rings. The number of amides is 1. The second kappa shape index (κ2) is 5.53. The zero-order chi connectivity index (χ0) is 15.8. The fraction of sp³-hybridized carbons (Fsp3) is 0.588. The third-order valence-electron chi connectivity index (χ3n) is 4.16. The number of hydrogen-bond acceptors (Lipinski definition) is 2. The molecule has 0 aromatic heterocycles. The van der Waals surface area contributed by atoms with Crippen molar-refractivity contribution in [2.75, 3.05) is 5.32 Å². The van der Waals surface area contributed by atoms with E-state index in [0.717, 1.165) is 18.5 Å². The van der Waals surface area contributed by atoms with Crippen LogP contribution in [0.25, 0.3) is 0 Å². The lowest BCUT2D eigenvalue weighted by atomic mass is 9.63. The molecular weight excluding hydrogens is 284 g/mol. The van der Waals surface area contributed by atoms with Crippen LogP contribution in [0.4, 0.5) is 5.69 Å². The summed E-state index contributed by atoms with van der Waals surface area (Å²) in [5.41, 5.74) is 7.27. The number of hydrogen-bond donors (Lipinski definition) is 2. The number of nitrogens with two attached hydrogens (primary N) is 1. The molecule has 1 fully saturated rings. The molecule has 1 aliphatic carbocycles. The number of nitrogens with one attached hydrogen (secondary N) is 1. The topological polar surface area (TPSA) is 55.1 Å². The first kappa shape index (κ1) is 16.2. The fourth-order valence-electron chi connectivity index (χ4n) is 3.99. The Hall–Kier alpha value is -1.22. The predicted molar refractivity (Wildman–Crippen MR) is 88.8 cm³/mol. The summed E-state index contributed by atoms with van der Waals surface area (Å²) in [4.78, 5) is 11.4. The highest BCUT2D eigenvalue weighted by molar-refractivity contribution is 6.33. The van der Waals surface area contributed by atoms with Gasteiger partial charge in [-0.05, 0) is 48.3 Å². The van der Waals surface area contributed by atoms with E-state index in [4.69, 9.17) is 17.3 Å². The van der Waals surface area contributed by atoms with Crippen molar-refractivity contribution in [1.29, 1.82) is 0 Å². The summed E-state index contributed by atoms with van der Waals surface area (Å²) in [5.74, 6) is -0.493. The molecule has 2 rings (SSSR count). The molecule has 1 aromatic carbocycles. The monoisotopic (exact) mass is 308 g/mol. The molecule has 1 amide bonds. The van der Waals surface area contributed by atoms with Crippen molar-refractivity contribution in [3.63, 3.8) is 0 Å². The number of rotatable bonds is 3. The molecule has 21 heavy (non-hydrogen) atoms. The van der Waals surface area contributed by atoms with Crippen LogP contribution in [0.2, 0.25) is 5.02 Å². The van der Waals surface area contributed by atoms with Crippen molar-refractivity contribution in [3.8, 4) is 0 Å². The minimum Gasteiger partial charge on any atom is -0.382 e. The molecule has 1 saturated carbocycles. The lowest BCUT2D eigenvalue weighted by Gasteiger charge is -2.45. The molecular formula is C17H25ClN2O. The van der Waals surface area contributed by atoms with E-state index in [1.807, 2.05) is 6.07 Å². The SMILES string of the molecule is CC1(C)CC(Nc2ccc(Cl)c(C(N)=O)c2)CC(C)(C)C1. The normalized spacial score (nSPS) is 21.0. The molecule has 0 atom stereocenters. The van der Waals surface area contributed by atoms with Gasteiger partial charge in [-0.25, -0.2) is 0 Å². The number of benzene rings is 1. The summed E-state index contributed by atoms with van der Waals surface area (Å²) in [6.45, 7) is 9.27. The van der Waals surface area contributed by atoms with E-state index in [-0.39, 0.29) is 0 Å². The molecule has 0 radical (unpaired) electrons. The molecule has 0 unspecified atom stereocenters. The lowest BCUT2D eigenvalue weighted by molar-refractivity contribution is 0.0998. The van der Waals surface area contributed by atoms with E-state index in [1.165, 1.54) is 6.42 Å². The second-order valence-electron chi connectivity index (χ2n) is 7.81. The second-order valence-corrected chi connectivity index (χ2v) is 8.22. The summed E-state index contributed by atoms with van der Waals surface area (Å²) in [6.07, 6.45) is 3.46. The maximum atomic E-state index is 11.4. The van der Waals surface area contributed by atoms with Gasteiger partial charge in [0.2, 0.25) is 5.91 Å². The van der Waals surface area contributed by atoms with Crippen LogP contribution in [0.5, 0.6) is 0 Å². The highest BCUT2D eigenvalue weighted by Gasteiger charge is 2.38. The minimum atomic E-state index is -0.493. The molecule has 1 aromatic rings. The Morgan fingerprint density at radius 3 is 2.33 bits per heavy atom. The van der Waals surface area contributed by atoms with Crippen molar-refractivity contribution in [2.24, 2.45) is 16.6 Å². The van der Waals surface area contributed by atoms with Crippen molar-refractivity contribution in [3.05, 3.63) is 28.8 Å². The Labute approximate surface area is 132 Å². The molecule has 3 N–H and O–H groups in total. The molecule has 0 spiro atoms. The number of carbonyl (C=O) groups excluding carboxylic acids is 1. The van der Waals surface area contributed by atoms with Gasteiger partial charge in [0.05, 0.1) is 10.6 Å². The standard InChI is InChI=1S/C17H25ClN2O/c1-16(2)8-12(9-17(3,4)10-16)20-11-5-6-14(18)13(7-11)15(19)21/h5-7,12,20H,8-10H2,1-4H3,(H2,19,21). The number of carbonyl (C=O) groups is 1. The van der Waals surface area contributed by atoms with Crippen LogP contribution < -0.4 is 11.1 Å². The van der Waals surface area contributed by atoms with E-state index >= 15 is 0 Å². The van der Waals surface area contributed by atoms with Crippen molar-refractivity contribution in [2.45, 2.75) is 53.0 Å². The van der Waals surface area contributed by atoms with E-state index in [2.05, 4.69) is 33.0 Å². The Morgan fingerprint density at radius 2 is 1.81 bits per heavy atom. The number of halogens is 1. The zero-order valence-electron chi connectivity index (χ0n) is 13.3. The third kappa shape index (κ3) is 4.13. The third-order valence-corrected chi connectivity index (χ3v) is 4.49. The van der Waals surface area contributed by atoms with E-state index < -0.39 is 5.91 Å². The number of anilines is 1. The van der Waals surface area contributed by atoms with Gasteiger partial charge in [-0.15, -0.1) is 0 Å². The van der Waals surface area contributed by atoms with Crippen LogP contribution in [0.1, 0.15) is 57.3 Å². The van der Waals surface area contributed by atoms with Gasteiger partial charge >= 0.3 is 0 Å². The van der Waals surface area contributed by atoms with Gasteiger partial charge < -0.3 is 11.1 Å². The van der Waals surface area contributed by atoms with E-state index in [0.29, 0.717) is 27.5 Å². The van der Waals surface area contributed by atoms with Gasteiger partial charge in [0.1, 0.15) is 0 Å². The first-order valence-electron chi connectivity index (χ1n) is 7.44. The first-order chi connectivity index (χ1) is 9.58. The van der Waals surface area contributed by atoms with Crippen LogP contribution in [0.3, 0.4) is 0 Å². The zero-order valence-corrected chi connectivity index (χ0v) is 14.1. The van der Waals surface area contributed by atoms with Crippen LogP contribution in [0.15, 0.2) is 18.2 Å². The average molecular weight is 309 g/mol. The van der Waals surface area contributed by atoms with Crippen LogP contribution >= 0.6 is 11.6 Å². The van der Waals surface area contributed by atoms with E-state index in [9.17, 15) is 4.79 Å². The summed E-state index contributed by atoms with van der Waals surface area (Å²) < 4.78 is 0. The smallest absolute Gasteiger partial charge is 0.250 e. The summed E-state index contributed by atoms with van der Waals surface area (Å²) in [5, 5.41) is 3.95. The number of primary amides is 1. The van der Waals surface area contributed by atoms with Crippen molar-refractivity contribution in [1.82, 2.24) is 0 Å². The van der Waals surface area contributed by atoms with Crippen LogP contribution in [-0.4, -0.2) is 11.9 Å². The van der Waals surface area contributed by atoms with Gasteiger partial charge in [0.15, 0.2) is 0 Å². The van der Waals surface area contributed by atoms with Gasteiger partial charge in [-0.3, -0.25) is 4.79 Å². The Bertz CT molecular complexity index is 536. The van der Waals surface area contributed by atoms with Crippen molar-refractivity contribution < 1.29 is 4.79 Å². The highest BCUT2D eigenvalue weighted by Crippen LogP contribution is 2.46. The summed E-state index contributed by atoms with van der Waals surface area (Å²) in [6, 6.07) is 5.77. The van der Waals surface area contributed by atoms with E-state index in [1.54, 1.807) is 12.1 Å². The maximum Gasteiger partial charge on any atom is 0.250 e. The molecule has 0 heterocycles. The minimum absolute atomic E-state index is 0.318. The highest BCUT2D eigenvalue weighted by atomic mass is 35.5. The molecule has 3 nitrogen and oxygen atoms in total. The molecule has 0 saturated heterocycles. The quantitative estimate of drug-likeness (QED) is 0.866. The summed E-state index contributed by atoms with van der Waals surface area (Å²) in [7, 11) is 0. The molecule has 0 bridgehead atoms. The average Bonchev–Trinajstić information content (AvgIpc) is 2.27. The Kier molecular flexibility index (Phi) is 4.25. The van der Waals surface area contributed by atoms with Crippen molar-refractivity contribution >= 4 is 23.2 Å². The van der Waals surface area contributed by atoms with Crippen LogP contribution in [-0.2, 0) is 0 Å². The molecule has 116 valence electrons. The van der Waals surface area contributed by atoms with Gasteiger partial charge in [0.25, 0.3) is 0 Å². The maximum absolute atomic E-state index is 11.4. The summed E-state index contributed by atoms with van der Waals surface area (Å²) >= 11 is 6.00. The fourth-order valence-corrected chi connectivity index (χ4v) is 4.20. The molecule has 0 aliphatic heterocycles. The van der Waals surface area contributed by atoms with Crippen LogP contribution in [0, 0.1) is 10.8 Å². The van der Waals surface area contributed by atoms with Gasteiger partial charge in [-0.2, -0.15) is 0 Å². The largest absolute Gasteiger partial charge is 0.382 e. The lowest BCUT2D eigenvalue weighted by Crippen LogP contribution is -2.40. The Balaban J connectivity index is 2.18. The predicted octanol–water partition coefficient (Wildman–Crippen LogP) is 4.46. The molecule has 4 heteroatoms.